The zero-order valence-electron chi connectivity index (χ0n) is 17.3. The predicted octanol–water partition coefficient (Wildman–Crippen LogP) is 6.43. The van der Waals surface area contributed by atoms with Crippen molar-refractivity contribution in [2.24, 2.45) is 4.99 Å². The van der Waals surface area contributed by atoms with Gasteiger partial charge in [-0.2, -0.15) is 0 Å². The van der Waals surface area contributed by atoms with Crippen LogP contribution in [0.4, 0.5) is 10.1 Å². The van der Waals surface area contributed by atoms with Crippen LogP contribution in [-0.4, -0.2) is 34.8 Å². The number of pyridine rings is 1. The van der Waals surface area contributed by atoms with Gasteiger partial charge in [-0.3, -0.25) is 4.98 Å². The average molecular weight is 492 g/mol. The van der Waals surface area contributed by atoms with E-state index in [2.05, 4.69) is 47.9 Å². The monoisotopic (exact) mass is 490 g/mol. The molecule has 0 spiro atoms. The minimum atomic E-state index is -0.349. The molecule has 1 aromatic carbocycles. The van der Waals surface area contributed by atoms with E-state index >= 15 is 0 Å². The number of aliphatic imine (C=N–C) groups is 1. The molecule has 0 aliphatic heterocycles. The lowest BCUT2D eigenvalue weighted by Gasteiger charge is -2.11. The number of hydrogen-bond acceptors (Lipinski definition) is 4. The van der Waals surface area contributed by atoms with Crippen LogP contribution in [0.15, 0.2) is 41.0 Å². The van der Waals surface area contributed by atoms with Crippen molar-refractivity contribution in [1.82, 2.24) is 14.9 Å². The molecule has 9 heteroatoms. The lowest BCUT2D eigenvalue weighted by molar-refractivity contribution is 0.552. The van der Waals surface area contributed by atoms with E-state index in [-0.39, 0.29) is 43.0 Å². The summed E-state index contributed by atoms with van der Waals surface area (Å²) in [5.41, 5.74) is 6.02. The number of aromatic nitrogens is 2. The topological polar surface area (TPSA) is 41.4 Å². The minimum Gasteiger partial charge on any atom is -0.366 e. The Morgan fingerprint density at radius 3 is 2.50 bits per heavy atom. The summed E-state index contributed by atoms with van der Waals surface area (Å²) in [4.78, 5) is 15.2. The number of benzene rings is 1. The maximum atomic E-state index is 13.4. The summed E-state index contributed by atoms with van der Waals surface area (Å²) in [5, 5.41) is 2.95. The summed E-state index contributed by atoms with van der Waals surface area (Å²) in [6.07, 6.45) is 5.45. The molecule has 2 heterocycles. The Morgan fingerprint density at radius 2 is 1.83 bits per heavy atom. The average Bonchev–Trinajstić information content (AvgIpc) is 3.11. The lowest BCUT2D eigenvalue weighted by atomic mass is 10.0. The van der Waals surface area contributed by atoms with E-state index in [1.165, 1.54) is 23.4 Å². The summed E-state index contributed by atoms with van der Waals surface area (Å²) in [7, 11) is 2.01. The van der Waals surface area contributed by atoms with E-state index in [4.69, 9.17) is 0 Å². The molecule has 30 heavy (non-hydrogen) atoms. The number of hydrogen-bond donors (Lipinski definition) is 0. The van der Waals surface area contributed by atoms with Crippen LogP contribution in [0.5, 0.6) is 0 Å². The van der Waals surface area contributed by atoms with Crippen molar-refractivity contribution in [3.8, 4) is 11.3 Å². The van der Waals surface area contributed by atoms with E-state index in [1.54, 1.807) is 17.5 Å². The summed E-state index contributed by atoms with van der Waals surface area (Å²) >= 11 is 1.58. The van der Waals surface area contributed by atoms with Crippen LogP contribution in [0.2, 0.25) is 0 Å². The largest absolute Gasteiger partial charge is 0.366 e. The fraction of sp³-hybridized carbons (Fsp3) is 0.286. The zero-order chi connectivity index (χ0) is 19.4. The first-order valence-corrected chi connectivity index (χ1v) is 9.74. The second-order valence-electron chi connectivity index (χ2n) is 6.58. The van der Waals surface area contributed by atoms with Gasteiger partial charge in [0.25, 0.3) is 0 Å². The first kappa shape index (κ1) is 28.3. The fourth-order valence-electron chi connectivity index (χ4n) is 2.67. The van der Waals surface area contributed by atoms with Gasteiger partial charge in [-0.1, -0.05) is 6.07 Å². The van der Waals surface area contributed by atoms with E-state index in [1.807, 2.05) is 23.7 Å². The van der Waals surface area contributed by atoms with E-state index in [0.717, 1.165) is 34.9 Å². The highest BCUT2D eigenvalue weighted by Gasteiger charge is 2.10. The first-order chi connectivity index (χ1) is 13.0. The molecule has 3 rings (SSSR count). The van der Waals surface area contributed by atoms with Crippen molar-refractivity contribution in [2.75, 3.05) is 13.6 Å². The van der Waals surface area contributed by atoms with Crippen molar-refractivity contribution in [3.63, 3.8) is 0 Å². The van der Waals surface area contributed by atoms with Crippen LogP contribution in [0.3, 0.4) is 0 Å². The molecule has 164 valence electrons. The summed E-state index contributed by atoms with van der Waals surface area (Å²) < 4.78 is 13.4. The Morgan fingerprint density at radius 1 is 1.10 bits per heavy atom. The molecule has 0 aliphatic rings. The highest BCUT2D eigenvalue weighted by atomic mass is 35.5. The Hall–Kier alpha value is -1.73. The summed E-state index contributed by atoms with van der Waals surface area (Å²) in [6.45, 7) is 7.19. The van der Waals surface area contributed by atoms with E-state index < -0.39 is 0 Å². The van der Waals surface area contributed by atoms with E-state index in [9.17, 15) is 4.39 Å². The molecule has 0 aliphatic carbocycles. The van der Waals surface area contributed by atoms with Gasteiger partial charge in [0.15, 0.2) is 0 Å². The van der Waals surface area contributed by atoms with Gasteiger partial charge >= 0.3 is 0 Å². The zero-order valence-corrected chi connectivity index (χ0v) is 20.5. The van der Waals surface area contributed by atoms with Crippen LogP contribution in [0.25, 0.3) is 11.3 Å². The fourth-order valence-corrected chi connectivity index (χ4v) is 3.50. The number of halogens is 4. The highest BCUT2D eigenvalue weighted by molar-refractivity contribution is 7.10. The molecule has 3 aromatic rings. The molecular weight excluding hydrogens is 466 g/mol. The van der Waals surface area contributed by atoms with Gasteiger partial charge in [-0.05, 0) is 49.6 Å². The van der Waals surface area contributed by atoms with E-state index in [0.29, 0.717) is 5.56 Å². The Bertz CT molecular complexity index is 979. The van der Waals surface area contributed by atoms with Crippen molar-refractivity contribution >= 4 is 60.6 Å². The van der Waals surface area contributed by atoms with Gasteiger partial charge in [-0.25, -0.2) is 14.4 Å². The number of aryl methyl sites for hydroxylation is 2. The van der Waals surface area contributed by atoms with Gasteiger partial charge in [0, 0.05) is 37.2 Å². The molecule has 0 saturated carbocycles. The molecule has 0 unspecified atom stereocenters. The molecule has 4 nitrogen and oxygen atoms in total. The quantitative estimate of drug-likeness (QED) is 0.295. The third kappa shape index (κ3) is 7.20. The number of nitrogens with zero attached hydrogens (tertiary/aromatic N) is 4. The number of thiazole rings is 1. The Kier molecular flexibility index (Phi) is 12.1. The molecule has 0 bridgehead atoms. The van der Waals surface area contributed by atoms with Crippen LogP contribution >= 0.6 is 48.6 Å². The molecule has 0 fully saturated rings. The van der Waals surface area contributed by atoms with Crippen molar-refractivity contribution in [3.05, 3.63) is 63.5 Å². The van der Waals surface area contributed by atoms with Crippen molar-refractivity contribution < 1.29 is 4.39 Å². The SMILES string of the molecule is CCN(C)/C=N/c1cc(C)c(Cc2nc(-c3cncc(F)c3)cs2)cc1C.Cl.Cl.Cl. The van der Waals surface area contributed by atoms with Crippen LogP contribution in [-0.2, 0) is 6.42 Å². The first-order valence-electron chi connectivity index (χ1n) is 8.86. The Balaban J connectivity index is 0.00000280. The predicted molar refractivity (Wildman–Crippen MR) is 132 cm³/mol. The van der Waals surface area contributed by atoms with Crippen LogP contribution < -0.4 is 0 Å². The smallest absolute Gasteiger partial charge is 0.142 e. The molecule has 0 N–H and O–H groups in total. The molecule has 0 atom stereocenters. The van der Waals surface area contributed by atoms with Gasteiger partial charge in [0.1, 0.15) is 5.82 Å². The molecule has 0 radical (unpaired) electrons. The third-order valence-corrected chi connectivity index (χ3v) is 5.29. The lowest BCUT2D eigenvalue weighted by Crippen LogP contribution is -2.14. The second-order valence-corrected chi connectivity index (χ2v) is 7.52. The van der Waals surface area contributed by atoms with Crippen molar-refractivity contribution in [2.45, 2.75) is 27.2 Å². The maximum absolute atomic E-state index is 13.4. The summed E-state index contributed by atoms with van der Waals surface area (Å²) in [6, 6.07) is 5.76. The Labute approximate surface area is 199 Å². The van der Waals surface area contributed by atoms with Gasteiger partial charge in [-0.15, -0.1) is 48.6 Å². The standard InChI is InChI=1S/C21H23FN4S.3ClH/c1-5-26(4)13-24-19-7-14(2)16(6-15(19)3)9-21-25-20(12-27-21)17-8-18(22)11-23-10-17;;;/h6-8,10-13H,5,9H2,1-4H3;3*1H/b24-13+;;;. The third-order valence-electron chi connectivity index (χ3n) is 4.44. The van der Waals surface area contributed by atoms with Crippen LogP contribution in [0.1, 0.15) is 28.6 Å². The van der Waals surface area contributed by atoms with Crippen molar-refractivity contribution in [1.29, 1.82) is 0 Å². The normalized spacial score (nSPS) is 10.2. The van der Waals surface area contributed by atoms with Gasteiger partial charge in [0.05, 0.1) is 28.9 Å². The maximum Gasteiger partial charge on any atom is 0.142 e. The second kappa shape index (κ2) is 12.8. The molecule has 0 saturated heterocycles. The van der Waals surface area contributed by atoms with Crippen LogP contribution in [0, 0.1) is 19.7 Å². The minimum absolute atomic E-state index is 0. The van der Waals surface area contributed by atoms with Gasteiger partial charge < -0.3 is 4.90 Å². The molecule has 2 aromatic heterocycles. The molecular formula is C21H26Cl3FN4S. The highest BCUT2D eigenvalue weighted by Crippen LogP contribution is 2.27. The number of rotatable bonds is 6. The van der Waals surface area contributed by atoms with Gasteiger partial charge in [0.2, 0.25) is 0 Å². The summed E-state index contributed by atoms with van der Waals surface area (Å²) in [5.74, 6) is -0.349. The molecule has 0 amide bonds.